The monoisotopic (exact) mass is 355 g/mol. The van der Waals surface area contributed by atoms with Crippen LogP contribution in [0.1, 0.15) is 47.5 Å². The largest absolute Gasteiger partial charge is 0.444 e. The first-order valence-corrected chi connectivity index (χ1v) is 9.46. The average Bonchev–Trinajstić information content (AvgIpc) is 2.96. The van der Waals surface area contributed by atoms with Crippen LogP contribution < -0.4 is 10.6 Å². The number of amides is 1. The Bertz CT molecular complexity index is 434. The van der Waals surface area contributed by atoms with Crippen LogP contribution in [0.25, 0.3) is 0 Å². The minimum Gasteiger partial charge on any atom is -0.444 e. The quantitative estimate of drug-likeness (QED) is 0.539. The van der Waals surface area contributed by atoms with Crippen LogP contribution >= 0.6 is 0 Å². The van der Waals surface area contributed by atoms with Crippen LogP contribution in [0.4, 0.5) is 4.79 Å². The molecule has 0 aromatic heterocycles. The maximum absolute atomic E-state index is 11.9. The highest BCUT2D eigenvalue weighted by atomic mass is 16.6. The van der Waals surface area contributed by atoms with Gasteiger partial charge in [0.1, 0.15) is 5.60 Å². The van der Waals surface area contributed by atoms with Crippen molar-refractivity contribution in [2.75, 3.05) is 46.3 Å². The number of nitrogens with zero attached hydrogens (tertiary/aromatic N) is 3. The lowest BCUT2D eigenvalue weighted by Gasteiger charge is -2.25. The molecule has 1 aliphatic heterocycles. The summed E-state index contributed by atoms with van der Waals surface area (Å²) in [5, 5.41) is 6.39. The first kappa shape index (κ1) is 21.5. The zero-order valence-corrected chi connectivity index (χ0v) is 16.9. The molecular weight excluding hydrogens is 318 g/mol. The summed E-state index contributed by atoms with van der Waals surface area (Å²) in [5.41, 5.74) is -0.469. The van der Waals surface area contributed by atoms with E-state index in [1.54, 1.807) is 7.05 Å². The van der Waals surface area contributed by atoms with E-state index in [1.165, 1.54) is 6.42 Å². The Hall–Kier alpha value is -1.50. The van der Waals surface area contributed by atoms with Crippen molar-refractivity contribution in [2.45, 2.75) is 59.1 Å². The number of aliphatic imine (C=N–C) groups is 1. The molecule has 0 radical (unpaired) electrons. The molecule has 146 valence electrons. The van der Waals surface area contributed by atoms with Crippen LogP contribution in [0.3, 0.4) is 0 Å². The van der Waals surface area contributed by atoms with E-state index in [0.717, 1.165) is 51.6 Å². The molecule has 25 heavy (non-hydrogen) atoms. The minimum absolute atomic E-state index is 0.0978. The van der Waals surface area contributed by atoms with E-state index < -0.39 is 5.60 Å². The molecule has 0 aromatic rings. The van der Waals surface area contributed by atoms with E-state index in [-0.39, 0.29) is 12.1 Å². The van der Waals surface area contributed by atoms with Gasteiger partial charge in [0.2, 0.25) is 0 Å². The van der Waals surface area contributed by atoms with E-state index in [0.29, 0.717) is 0 Å². The van der Waals surface area contributed by atoms with Gasteiger partial charge in [0.25, 0.3) is 0 Å². The van der Waals surface area contributed by atoms with Gasteiger partial charge >= 0.3 is 6.09 Å². The number of alkyl carbamates (subject to hydrolysis) is 1. The van der Waals surface area contributed by atoms with E-state index in [9.17, 15) is 4.79 Å². The Morgan fingerprint density at radius 3 is 2.60 bits per heavy atom. The van der Waals surface area contributed by atoms with Crippen LogP contribution in [-0.2, 0) is 4.74 Å². The third-order valence-corrected chi connectivity index (χ3v) is 4.12. The number of rotatable bonds is 7. The van der Waals surface area contributed by atoms with Gasteiger partial charge in [0, 0.05) is 33.2 Å². The summed E-state index contributed by atoms with van der Waals surface area (Å²) in [7, 11) is 1.81. The molecule has 1 aliphatic rings. The normalized spacial score (nSPS) is 18.6. The molecule has 1 rings (SSSR count). The maximum Gasteiger partial charge on any atom is 0.407 e. The second-order valence-electron chi connectivity index (χ2n) is 7.49. The molecular formula is C18H37N5O2. The van der Waals surface area contributed by atoms with E-state index in [2.05, 4.69) is 39.3 Å². The molecule has 0 bridgehead atoms. The molecule has 1 atom stereocenters. The van der Waals surface area contributed by atoms with Crippen molar-refractivity contribution < 1.29 is 9.53 Å². The van der Waals surface area contributed by atoms with Crippen LogP contribution in [0, 0.1) is 0 Å². The van der Waals surface area contributed by atoms with Gasteiger partial charge in [-0.2, -0.15) is 0 Å². The van der Waals surface area contributed by atoms with Crippen molar-refractivity contribution in [1.82, 2.24) is 20.4 Å². The zero-order valence-electron chi connectivity index (χ0n) is 16.9. The fraction of sp³-hybridized carbons (Fsp3) is 0.889. The summed E-state index contributed by atoms with van der Waals surface area (Å²) in [6, 6.07) is 0.0978. The van der Waals surface area contributed by atoms with Gasteiger partial charge in [-0.15, -0.1) is 0 Å². The number of nitrogens with one attached hydrogen (secondary N) is 2. The molecule has 1 fully saturated rings. The second kappa shape index (κ2) is 10.5. The highest BCUT2D eigenvalue weighted by Gasteiger charge is 2.27. The maximum atomic E-state index is 11.9. The topological polar surface area (TPSA) is 69.2 Å². The van der Waals surface area contributed by atoms with Crippen LogP contribution in [0.2, 0.25) is 0 Å². The summed E-state index contributed by atoms with van der Waals surface area (Å²) in [6.45, 7) is 15.7. The lowest BCUT2D eigenvalue weighted by Crippen LogP contribution is -2.45. The minimum atomic E-state index is -0.469. The number of hydrogen-bond acceptors (Lipinski definition) is 4. The molecule has 1 heterocycles. The van der Waals surface area contributed by atoms with Gasteiger partial charge in [-0.3, -0.25) is 4.99 Å². The first-order valence-electron chi connectivity index (χ1n) is 9.46. The summed E-state index contributed by atoms with van der Waals surface area (Å²) >= 11 is 0. The fourth-order valence-electron chi connectivity index (χ4n) is 2.95. The molecule has 0 aromatic carbocycles. The number of likely N-dealkylation sites (N-methyl/N-ethyl adjacent to an activating group) is 1. The Kier molecular flexibility index (Phi) is 9.03. The van der Waals surface area contributed by atoms with Gasteiger partial charge in [-0.1, -0.05) is 13.8 Å². The van der Waals surface area contributed by atoms with E-state index in [4.69, 9.17) is 4.74 Å². The molecule has 0 aliphatic carbocycles. The third-order valence-electron chi connectivity index (χ3n) is 4.12. The van der Waals surface area contributed by atoms with E-state index in [1.807, 2.05) is 20.8 Å². The zero-order chi connectivity index (χ0) is 18.9. The number of hydrogen-bond donors (Lipinski definition) is 2. The van der Waals surface area contributed by atoms with Crippen molar-refractivity contribution >= 4 is 12.1 Å². The molecule has 0 saturated carbocycles. The lowest BCUT2D eigenvalue weighted by molar-refractivity contribution is 0.0507. The molecule has 2 N–H and O–H groups in total. The molecule has 7 heteroatoms. The first-order chi connectivity index (χ1) is 11.8. The van der Waals surface area contributed by atoms with Crippen LogP contribution in [0.5, 0.6) is 0 Å². The summed E-state index contributed by atoms with van der Waals surface area (Å²) in [5.74, 6) is 0.904. The third kappa shape index (κ3) is 8.43. The Morgan fingerprint density at radius 1 is 1.32 bits per heavy atom. The molecule has 1 amide bonds. The fourth-order valence-corrected chi connectivity index (χ4v) is 2.95. The average molecular weight is 356 g/mol. The number of carbonyl (C=O) groups is 1. The molecule has 0 spiro atoms. The lowest BCUT2D eigenvalue weighted by atomic mass is 10.2. The highest BCUT2D eigenvalue weighted by molar-refractivity contribution is 5.80. The van der Waals surface area contributed by atoms with Gasteiger partial charge in [-0.25, -0.2) is 4.79 Å². The predicted octanol–water partition coefficient (Wildman–Crippen LogP) is 1.89. The van der Waals surface area contributed by atoms with Gasteiger partial charge in [0.15, 0.2) is 5.96 Å². The Labute approximate surface area is 153 Å². The highest BCUT2D eigenvalue weighted by Crippen LogP contribution is 2.11. The molecule has 1 unspecified atom stereocenters. The van der Waals surface area contributed by atoms with Crippen molar-refractivity contribution in [2.24, 2.45) is 4.99 Å². The van der Waals surface area contributed by atoms with Crippen molar-refractivity contribution in [1.29, 1.82) is 0 Å². The Balaban J connectivity index is 2.38. The van der Waals surface area contributed by atoms with Gasteiger partial charge in [-0.05, 0) is 46.7 Å². The Morgan fingerprint density at radius 2 is 2.04 bits per heavy atom. The van der Waals surface area contributed by atoms with Gasteiger partial charge in [0.05, 0.1) is 6.04 Å². The van der Waals surface area contributed by atoms with Crippen molar-refractivity contribution in [3.05, 3.63) is 0 Å². The molecule has 7 nitrogen and oxygen atoms in total. The second-order valence-corrected chi connectivity index (χ2v) is 7.49. The predicted molar refractivity (Wildman–Crippen MR) is 103 cm³/mol. The standard InChI is InChI=1S/C18H37N5O2/c1-7-11-22(8-2)13-10-20-16(19-6)23-12-9-15(14-23)21-17(24)25-18(3,4)5/h15H,7-14H2,1-6H3,(H,19,20)(H,21,24). The van der Waals surface area contributed by atoms with Crippen molar-refractivity contribution in [3.63, 3.8) is 0 Å². The van der Waals surface area contributed by atoms with Gasteiger partial charge < -0.3 is 25.2 Å². The van der Waals surface area contributed by atoms with Crippen LogP contribution in [0.15, 0.2) is 4.99 Å². The van der Waals surface area contributed by atoms with E-state index >= 15 is 0 Å². The summed E-state index contributed by atoms with van der Waals surface area (Å²) in [4.78, 5) is 20.9. The summed E-state index contributed by atoms with van der Waals surface area (Å²) in [6.07, 6.45) is 1.73. The number of likely N-dealkylation sites (tertiary alicyclic amines) is 1. The number of carbonyl (C=O) groups excluding carboxylic acids is 1. The SMILES string of the molecule is CCCN(CC)CCNC(=NC)N1CCC(NC(=O)OC(C)(C)C)C1. The molecule has 1 saturated heterocycles. The number of guanidine groups is 1. The van der Waals surface area contributed by atoms with Crippen molar-refractivity contribution in [3.8, 4) is 0 Å². The smallest absolute Gasteiger partial charge is 0.407 e. The van der Waals surface area contributed by atoms with Crippen LogP contribution in [-0.4, -0.2) is 79.8 Å². The number of ether oxygens (including phenoxy) is 1. The summed E-state index contributed by atoms with van der Waals surface area (Å²) < 4.78 is 5.33.